The van der Waals surface area contributed by atoms with Crippen LogP contribution in [0.1, 0.15) is 12.8 Å². The van der Waals surface area contributed by atoms with Crippen LogP contribution in [0.4, 0.5) is 5.82 Å². The average Bonchev–Trinajstić information content (AvgIpc) is 3.08. The minimum Gasteiger partial charge on any atom is -0.470 e. The fourth-order valence-electron chi connectivity index (χ4n) is 2.76. The molecule has 0 saturated carbocycles. The second-order valence-electron chi connectivity index (χ2n) is 6.01. The van der Waals surface area contributed by atoms with Gasteiger partial charge in [-0.3, -0.25) is 9.48 Å². The number of nitrogens with zero attached hydrogens (tertiary/aromatic N) is 6. The molecule has 128 valence electrons. The molecule has 0 unspecified atom stereocenters. The standard InChI is InChI=1S/C16H22N6O2/c1-20(2)15-16(18-8-7-17-15)24-13-5-3-9-21(11-13)14(23)12-22-10-4-6-19-22/h4,6-8,10,13H,3,5,9,11-12H2,1-2H3/t13-/m1/s1. The summed E-state index contributed by atoms with van der Waals surface area (Å²) in [6, 6.07) is 1.81. The summed E-state index contributed by atoms with van der Waals surface area (Å²) >= 11 is 0. The number of amides is 1. The number of ether oxygens (including phenoxy) is 1. The Morgan fingerprint density at radius 2 is 2.17 bits per heavy atom. The Morgan fingerprint density at radius 3 is 2.92 bits per heavy atom. The molecule has 0 spiro atoms. The van der Waals surface area contributed by atoms with E-state index in [1.54, 1.807) is 29.5 Å². The first kappa shape index (κ1) is 16.2. The highest BCUT2D eigenvalue weighted by atomic mass is 16.5. The Hall–Kier alpha value is -2.64. The molecule has 3 rings (SSSR count). The Balaban J connectivity index is 1.62. The van der Waals surface area contributed by atoms with Crippen LogP contribution in [-0.2, 0) is 11.3 Å². The van der Waals surface area contributed by atoms with Gasteiger partial charge in [0.2, 0.25) is 5.91 Å². The van der Waals surface area contributed by atoms with Crippen LogP contribution in [0.2, 0.25) is 0 Å². The van der Waals surface area contributed by atoms with Gasteiger partial charge in [0.25, 0.3) is 5.88 Å². The normalized spacial score (nSPS) is 17.6. The van der Waals surface area contributed by atoms with Crippen molar-refractivity contribution < 1.29 is 9.53 Å². The maximum Gasteiger partial charge on any atom is 0.257 e. The Morgan fingerprint density at radius 1 is 1.33 bits per heavy atom. The van der Waals surface area contributed by atoms with Gasteiger partial charge in [0.1, 0.15) is 12.6 Å². The van der Waals surface area contributed by atoms with Gasteiger partial charge in [0.05, 0.1) is 6.54 Å². The summed E-state index contributed by atoms with van der Waals surface area (Å²) in [5, 5.41) is 4.08. The third-order valence-electron chi connectivity index (χ3n) is 3.94. The van der Waals surface area contributed by atoms with Crippen LogP contribution in [0, 0.1) is 0 Å². The summed E-state index contributed by atoms with van der Waals surface area (Å²) in [5.41, 5.74) is 0. The summed E-state index contributed by atoms with van der Waals surface area (Å²) in [7, 11) is 3.80. The predicted octanol–water partition coefficient (Wildman–Crippen LogP) is 0.809. The van der Waals surface area contributed by atoms with E-state index >= 15 is 0 Å². The van der Waals surface area contributed by atoms with Gasteiger partial charge in [-0.2, -0.15) is 5.10 Å². The zero-order valence-corrected chi connectivity index (χ0v) is 14.0. The van der Waals surface area contributed by atoms with Crippen molar-refractivity contribution in [3.8, 4) is 5.88 Å². The van der Waals surface area contributed by atoms with Crippen molar-refractivity contribution in [1.29, 1.82) is 0 Å². The molecule has 1 amide bonds. The van der Waals surface area contributed by atoms with E-state index in [2.05, 4.69) is 15.1 Å². The van der Waals surface area contributed by atoms with Crippen molar-refractivity contribution in [1.82, 2.24) is 24.6 Å². The molecule has 8 nitrogen and oxygen atoms in total. The van der Waals surface area contributed by atoms with Gasteiger partial charge in [-0.1, -0.05) is 0 Å². The van der Waals surface area contributed by atoms with E-state index in [-0.39, 0.29) is 18.6 Å². The topological polar surface area (TPSA) is 76.4 Å². The van der Waals surface area contributed by atoms with Gasteiger partial charge in [-0.05, 0) is 18.9 Å². The fourth-order valence-corrected chi connectivity index (χ4v) is 2.76. The number of carbonyl (C=O) groups is 1. The number of anilines is 1. The zero-order chi connectivity index (χ0) is 16.9. The van der Waals surface area contributed by atoms with Crippen LogP contribution < -0.4 is 9.64 Å². The molecule has 1 aliphatic heterocycles. The molecule has 2 aromatic heterocycles. The third-order valence-corrected chi connectivity index (χ3v) is 3.94. The molecule has 0 radical (unpaired) electrons. The second-order valence-corrected chi connectivity index (χ2v) is 6.01. The van der Waals surface area contributed by atoms with E-state index in [0.717, 1.165) is 19.4 Å². The van der Waals surface area contributed by atoms with Crippen molar-refractivity contribution in [3.63, 3.8) is 0 Å². The first-order valence-corrected chi connectivity index (χ1v) is 8.03. The highest BCUT2D eigenvalue weighted by Gasteiger charge is 2.26. The maximum absolute atomic E-state index is 12.4. The Bertz CT molecular complexity index is 673. The quantitative estimate of drug-likeness (QED) is 0.807. The largest absolute Gasteiger partial charge is 0.470 e. The molecule has 0 bridgehead atoms. The molecule has 0 N–H and O–H groups in total. The van der Waals surface area contributed by atoms with Crippen LogP contribution in [0.25, 0.3) is 0 Å². The van der Waals surface area contributed by atoms with E-state index in [1.165, 1.54) is 0 Å². The molecule has 2 aromatic rings. The molecule has 24 heavy (non-hydrogen) atoms. The van der Waals surface area contributed by atoms with Gasteiger partial charge in [0, 0.05) is 45.4 Å². The molecule has 8 heteroatoms. The SMILES string of the molecule is CN(C)c1nccnc1O[C@@H]1CCCN(C(=O)Cn2cccn2)C1. The summed E-state index contributed by atoms with van der Waals surface area (Å²) in [4.78, 5) is 24.7. The van der Waals surface area contributed by atoms with Gasteiger partial charge >= 0.3 is 0 Å². The number of aromatic nitrogens is 4. The minimum atomic E-state index is -0.0734. The lowest BCUT2D eigenvalue weighted by molar-refractivity contribution is -0.134. The van der Waals surface area contributed by atoms with E-state index in [4.69, 9.17) is 4.74 Å². The Labute approximate surface area is 141 Å². The van der Waals surface area contributed by atoms with Crippen molar-refractivity contribution >= 4 is 11.7 Å². The van der Waals surface area contributed by atoms with E-state index in [0.29, 0.717) is 18.2 Å². The lowest BCUT2D eigenvalue weighted by Gasteiger charge is -2.33. The summed E-state index contributed by atoms with van der Waals surface area (Å²) in [6.45, 7) is 1.57. The molecule has 0 aliphatic carbocycles. The molecule has 1 atom stereocenters. The van der Waals surface area contributed by atoms with E-state index < -0.39 is 0 Å². The molecule has 1 aliphatic rings. The monoisotopic (exact) mass is 330 g/mol. The van der Waals surface area contributed by atoms with Crippen molar-refractivity contribution in [2.75, 3.05) is 32.1 Å². The van der Waals surface area contributed by atoms with Gasteiger partial charge < -0.3 is 14.5 Å². The zero-order valence-electron chi connectivity index (χ0n) is 14.0. The van der Waals surface area contributed by atoms with Crippen molar-refractivity contribution in [2.45, 2.75) is 25.5 Å². The highest BCUT2D eigenvalue weighted by molar-refractivity contribution is 5.76. The number of carbonyl (C=O) groups excluding carboxylic acids is 1. The summed E-state index contributed by atoms with van der Waals surface area (Å²) < 4.78 is 7.67. The number of hydrogen-bond donors (Lipinski definition) is 0. The molecular weight excluding hydrogens is 308 g/mol. The maximum atomic E-state index is 12.4. The van der Waals surface area contributed by atoms with E-state index in [9.17, 15) is 4.79 Å². The average molecular weight is 330 g/mol. The predicted molar refractivity (Wildman–Crippen MR) is 88.8 cm³/mol. The van der Waals surface area contributed by atoms with Crippen LogP contribution in [-0.4, -0.2) is 63.8 Å². The fraction of sp³-hybridized carbons (Fsp3) is 0.500. The number of hydrogen-bond acceptors (Lipinski definition) is 6. The van der Waals surface area contributed by atoms with Crippen molar-refractivity contribution in [2.24, 2.45) is 0 Å². The molecular formula is C16H22N6O2. The smallest absolute Gasteiger partial charge is 0.257 e. The van der Waals surface area contributed by atoms with Crippen molar-refractivity contribution in [3.05, 3.63) is 30.9 Å². The number of likely N-dealkylation sites (tertiary alicyclic amines) is 1. The lowest BCUT2D eigenvalue weighted by atomic mass is 10.1. The first-order valence-electron chi connectivity index (χ1n) is 8.03. The summed E-state index contributed by atoms with van der Waals surface area (Å²) in [6.07, 6.45) is 8.46. The second kappa shape index (κ2) is 7.29. The Kier molecular flexibility index (Phi) is 4.93. The first-order chi connectivity index (χ1) is 11.6. The number of piperidine rings is 1. The van der Waals surface area contributed by atoms with Crippen LogP contribution >= 0.6 is 0 Å². The molecule has 0 aromatic carbocycles. The van der Waals surface area contributed by atoms with Crippen LogP contribution in [0.15, 0.2) is 30.9 Å². The minimum absolute atomic E-state index is 0.0546. The number of rotatable bonds is 5. The van der Waals surface area contributed by atoms with Gasteiger partial charge in [-0.15, -0.1) is 0 Å². The van der Waals surface area contributed by atoms with Crippen LogP contribution in [0.3, 0.4) is 0 Å². The third kappa shape index (κ3) is 3.81. The summed E-state index contributed by atoms with van der Waals surface area (Å²) in [5.74, 6) is 1.25. The lowest BCUT2D eigenvalue weighted by Crippen LogP contribution is -2.45. The van der Waals surface area contributed by atoms with Gasteiger partial charge in [0.15, 0.2) is 5.82 Å². The van der Waals surface area contributed by atoms with Gasteiger partial charge in [-0.25, -0.2) is 9.97 Å². The van der Waals surface area contributed by atoms with Crippen LogP contribution in [0.5, 0.6) is 5.88 Å². The molecule has 3 heterocycles. The molecule has 1 fully saturated rings. The van der Waals surface area contributed by atoms with E-state index in [1.807, 2.05) is 30.0 Å². The highest BCUT2D eigenvalue weighted by Crippen LogP contribution is 2.24. The molecule has 1 saturated heterocycles.